The molecule has 1 saturated carbocycles. The van der Waals surface area contributed by atoms with E-state index < -0.39 is 0 Å². The van der Waals surface area contributed by atoms with E-state index in [1.54, 1.807) is 0 Å². The summed E-state index contributed by atoms with van der Waals surface area (Å²) in [5, 5.41) is 13.6. The van der Waals surface area contributed by atoms with E-state index in [9.17, 15) is 5.26 Å². The van der Waals surface area contributed by atoms with Crippen molar-refractivity contribution in [2.45, 2.75) is 25.2 Å². The van der Waals surface area contributed by atoms with E-state index in [0.29, 0.717) is 0 Å². The second kappa shape index (κ2) is 4.20. The van der Waals surface area contributed by atoms with E-state index in [2.05, 4.69) is 54.5 Å². The average Bonchev–Trinajstić information content (AvgIpc) is 3.26. The summed E-state index contributed by atoms with van der Waals surface area (Å²) in [4.78, 5) is 0. The smallest absolute Gasteiger partial charge is 0.0823 e. The number of aromatic nitrogens is 2. The van der Waals surface area contributed by atoms with Crippen LogP contribution in [0.4, 0.5) is 0 Å². The lowest BCUT2D eigenvalue weighted by Gasteiger charge is -2.08. The molecule has 0 saturated heterocycles. The maximum Gasteiger partial charge on any atom is 0.0823 e. The summed E-state index contributed by atoms with van der Waals surface area (Å²) in [5.41, 5.74) is 5.61. The Labute approximate surface area is 123 Å². The summed E-state index contributed by atoms with van der Waals surface area (Å²) in [6.07, 6.45) is 5.85. The molecule has 2 heterocycles. The minimum atomic E-state index is -0.204. The summed E-state index contributed by atoms with van der Waals surface area (Å²) < 4.78 is 1.89. The van der Waals surface area contributed by atoms with Crippen LogP contribution < -0.4 is 0 Å². The normalized spacial score (nSPS) is 15.8. The van der Waals surface area contributed by atoms with Crippen molar-refractivity contribution in [1.29, 1.82) is 5.26 Å². The number of nitriles is 1. The van der Waals surface area contributed by atoms with Crippen LogP contribution in [0.25, 0.3) is 16.6 Å². The maximum absolute atomic E-state index is 9.26. The topological polar surface area (TPSA) is 41.1 Å². The van der Waals surface area contributed by atoms with Crippen LogP contribution in [0, 0.1) is 18.3 Å². The second-order valence-electron chi connectivity index (χ2n) is 5.84. The summed E-state index contributed by atoms with van der Waals surface area (Å²) in [6, 6.07) is 15.1. The minimum Gasteiger partial charge on any atom is -0.241 e. The first kappa shape index (κ1) is 12.2. The molecule has 1 aliphatic rings. The molecule has 0 spiro atoms. The van der Waals surface area contributed by atoms with E-state index in [1.807, 2.05) is 16.9 Å². The summed E-state index contributed by atoms with van der Waals surface area (Å²) >= 11 is 0. The van der Waals surface area contributed by atoms with Crippen molar-refractivity contribution in [3.05, 3.63) is 59.9 Å². The molecule has 0 unspecified atom stereocenters. The number of hydrogen-bond acceptors (Lipinski definition) is 2. The van der Waals surface area contributed by atoms with Gasteiger partial charge in [-0.25, -0.2) is 4.52 Å². The molecule has 0 bridgehead atoms. The van der Waals surface area contributed by atoms with Crippen molar-refractivity contribution in [3.63, 3.8) is 0 Å². The Kier molecular flexibility index (Phi) is 2.43. The van der Waals surface area contributed by atoms with E-state index in [-0.39, 0.29) is 5.41 Å². The SMILES string of the molecule is Cc1cnn2ccc(-c3ccc(C4(C#N)CC4)cc3)cc12. The molecule has 3 nitrogen and oxygen atoms in total. The van der Waals surface area contributed by atoms with Gasteiger partial charge < -0.3 is 0 Å². The van der Waals surface area contributed by atoms with Crippen LogP contribution in [0.15, 0.2) is 48.8 Å². The third-order valence-corrected chi connectivity index (χ3v) is 4.45. The van der Waals surface area contributed by atoms with Crippen molar-refractivity contribution in [3.8, 4) is 17.2 Å². The summed E-state index contributed by atoms with van der Waals surface area (Å²) in [7, 11) is 0. The molecule has 0 aliphatic heterocycles. The number of benzene rings is 1. The first-order valence-electron chi connectivity index (χ1n) is 7.18. The lowest BCUT2D eigenvalue weighted by Crippen LogP contribution is -2.01. The van der Waals surface area contributed by atoms with E-state index in [1.165, 1.54) is 16.7 Å². The number of nitrogens with zero attached hydrogens (tertiary/aromatic N) is 3. The highest BCUT2D eigenvalue weighted by Gasteiger charge is 2.44. The van der Waals surface area contributed by atoms with Gasteiger partial charge in [0, 0.05) is 6.20 Å². The lowest BCUT2D eigenvalue weighted by atomic mass is 9.95. The number of pyridine rings is 1. The van der Waals surface area contributed by atoms with E-state index in [0.717, 1.165) is 23.9 Å². The minimum absolute atomic E-state index is 0.204. The molecule has 21 heavy (non-hydrogen) atoms. The van der Waals surface area contributed by atoms with Crippen LogP contribution in [0.2, 0.25) is 0 Å². The van der Waals surface area contributed by atoms with Gasteiger partial charge in [0.05, 0.1) is 23.2 Å². The fourth-order valence-corrected chi connectivity index (χ4v) is 2.85. The summed E-state index contributed by atoms with van der Waals surface area (Å²) in [5.74, 6) is 0. The number of fused-ring (bicyclic) bond motifs is 1. The fraction of sp³-hybridized carbons (Fsp3) is 0.222. The molecule has 1 fully saturated rings. The van der Waals surface area contributed by atoms with Gasteiger partial charge in [0.1, 0.15) is 0 Å². The van der Waals surface area contributed by atoms with Crippen LogP contribution >= 0.6 is 0 Å². The van der Waals surface area contributed by atoms with Crippen LogP contribution in [0.3, 0.4) is 0 Å². The van der Waals surface area contributed by atoms with Crippen molar-refractivity contribution in [2.75, 3.05) is 0 Å². The van der Waals surface area contributed by atoms with Crippen LogP contribution in [-0.2, 0) is 5.41 Å². The van der Waals surface area contributed by atoms with Gasteiger partial charge in [0.2, 0.25) is 0 Å². The molecule has 2 aromatic heterocycles. The van der Waals surface area contributed by atoms with Crippen molar-refractivity contribution < 1.29 is 0 Å². The highest BCUT2D eigenvalue weighted by molar-refractivity contribution is 5.70. The Bertz CT molecular complexity index is 862. The molecule has 4 rings (SSSR count). The fourth-order valence-electron chi connectivity index (χ4n) is 2.85. The third kappa shape index (κ3) is 1.84. The maximum atomic E-state index is 9.26. The average molecular weight is 273 g/mol. The molecular formula is C18H15N3. The first-order valence-corrected chi connectivity index (χ1v) is 7.18. The number of hydrogen-bond donors (Lipinski definition) is 0. The van der Waals surface area contributed by atoms with Crippen molar-refractivity contribution >= 4 is 5.52 Å². The first-order chi connectivity index (χ1) is 10.2. The van der Waals surface area contributed by atoms with Gasteiger partial charge >= 0.3 is 0 Å². The Hall–Kier alpha value is -2.60. The van der Waals surface area contributed by atoms with Gasteiger partial charge in [-0.1, -0.05) is 24.3 Å². The Morgan fingerprint density at radius 2 is 1.90 bits per heavy atom. The van der Waals surface area contributed by atoms with E-state index >= 15 is 0 Å². The van der Waals surface area contributed by atoms with Crippen molar-refractivity contribution in [1.82, 2.24) is 9.61 Å². The van der Waals surface area contributed by atoms with Gasteiger partial charge in [0.15, 0.2) is 0 Å². The van der Waals surface area contributed by atoms with Gasteiger partial charge in [0.25, 0.3) is 0 Å². The third-order valence-electron chi connectivity index (χ3n) is 4.45. The molecule has 1 aliphatic carbocycles. The van der Waals surface area contributed by atoms with Crippen LogP contribution in [0.1, 0.15) is 24.0 Å². The molecule has 3 heteroatoms. The molecule has 3 aromatic rings. The zero-order valence-electron chi connectivity index (χ0n) is 11.9. The predicted octanol–water partition coefficient (Wildman–Crippen LogP) is 3.86. The lowest BCUT2D eigenvalue weighted by molar-refractivity contribution is 0.909. The second-order valence-corrected chi connectivity index (χ2v) is 5.84. The number of aryl methyl sites for hydroxylation is 1. The highest BCUT2D eigenvalue weighted by Crippen LogP contribution is 2.47. The monoisotopic (exact) mass is 273 g/mol. The Balaban J connectivity index is 1.75. The molecule has 0 amide bonds. The molecule has 0 N–H and O–H groups in total. The van der Waals surface area contributed by atoms with Gasteiger partial charge in [-0.2, -0.15) is 10.4 Å². The van der Waals surface area contributed by atoms with Gasteiger partial charge in [-0.15, -0.1) is 0 Å². The Morgan fingerprint density at radius 3 is 2.57 bits per heavy atom. The quantitative estimate of drug-likeness (QED) is 0.711. The molecule has 102 valence electrons. The molecule has 0 radical (unpaired) electrons. The van der Waals surface area contributed by atoms with E-state index in [4.69, 9.17) is 0 Å². The molecule has 1 aromatic carbocycles. The zero-order valence-corrected chi connectivity index (χ0v) is 11.9. The summed E-state index contributed by atoms with van der Waals surface area (Å²) in [6.45, 7) is 2.07. The molecular weight excluding hydrogens is 258 g/mol. The predicted molar refractivity (Wildman–Crippen MR) is 81.9 cm³/mol. The molecule has 0 atom stereocenters. The van der Waals surface area contributed by atoms with Crippen LogP contribution in [-0.4, -0.2) is 9.61 Å². The Morgan fingerprint density at radius 1 is 1.14 bits per heavy atom. The van der Waals surface area contributed by atoms with Crippen molar-refractivity contribution in [2.24, 2.45) is 0 Å². The number of rotatable bonds is 2. The standard InChI is InChI=1S/C18H15N3/c1-13-11-20-21-9-6-15(10-17(13)21)14-2-4-16(5-3-14)18(12-19)7-8-18/h2-6,9-11H,7-8H2,1H3. The van der Waals surface area contributed by atoms with Gasteiger partial charge in [-0.05, 0) is 54.2 Å². The zero-order chi connectivity index (χ0) is 14.4. The van der Waals surface area contributed by atoms with Gasteiger partial charge in [-0.3, -0.25) is 0 Å². The highest BCUT2D eigenvalue weighted by atomic mass is 15.2. The largest absolute Gasteiger partial charge is 0.241 e. The van der Waals surface area contributed by atoms with Crippen LogP contribution in [0.5, 0.6) is 0 Å².